The zero-order valence-corrected chi connectivity index (χ0v) is 16.7. The molecule has 4 rings (SSSR count). The van der Waals surface area contributed by atoms with Gasteiger partial charge < -0.3 is 19.5 Å². The van der Waals surface area contributed by atoms with E-state index in [9.17, 15) is 9.59 Å². The normalized spacial score (nSPS) is 12.2. The average molecular weight is 411 g/mol. The molecular weight excluding hydrogens is 392 g/mol. The van der Waals surface area contributed by atoms with Crippen LogP contribution in [0.2, 0.25) is 5.02 Å². The fourth-order valence-corrected chi connectivity index (χ4v) is 3.66. The number of aryl methyl sites for hydroxylation is 1. The maximum Gasteiger partial charge on any atom is 0.328 e. The molecule has 1 amide bonds. The second-order valence-electron chi connectivity index (χ2n) is 6.81. The van der Waals surface area contributed by atoms with E-state index < -0.39 is 17.9 Å². The average Bonchev–Trinajstić information content (AvgIpc) is 3.28. The van der Waals surface area contributed by atoms with E-state index in [0.29, 0.717) is 16.2 Å². The molecule has 1 atom stereocenters. The number of methoxy groups -OCH3 is 1. The topological polar surface area (TPSA) is 84.3 Å². The van der Waals surface area contributed by atoms with Crippen LogP contribution in [0.3, 0.4) is 0 Å². The molecule has 0 aliphatic rings. The monoisotopic (exact) mass is 410 g/mol. The molecule has 0 spiro atoms. The lowest BCUT2D eigenvalue weighted by molar-refractivity contribution is -0.142. The second-order valence-corrected chi connectivity index (χ2v) is 7.25. The highest BCUT2D eigenvalue weighted by Gasteiger charge is 2.26. The maximum atomic E-state index is 12.9. The molecule has 0 bridgehead atoms. The number of amides is 1. The lowest BCUT2D eigenvalue weighted by Gasteiger charge is -2.15. The fraction of sp³-hybridized carbons (Fsp3) is 0.182. The molecule has 0 aliphatic carbocycles. The van der Waals surface area contributed by atoms with Crippen molar-refractivity contribution < 1.29 is 18.7 Å². The number of carbonyl (C=O) groups excluding carboxylic acids is 2. The van der Waals surface area contributed by atoms with Gasteiger partial charge in [0.15, 0.2) is 5.76 Å². The predicted octanol–water partition coefficient (Wildman–Crippen LogP) is 4.39. The SMILES string of the molecule is COC(=O)[C@@H](Cc1c[nH]c2ccccc12)NC(=O)c1oc2ccc(Cl)cc2c1C. The van der Waals surface area contributed by atoms with Gasteiger partial charge >= 0.3 is 5.97 Å². The van der Waals surface area contributed by atoms with Gasteiger partial charge in [-0.25, -0.2) is 4.79 Å². The van der Waals surface area contributed by atoms with Gasteiger partial charge in [0.25, 0.3) is 5.91 Å². The molecule has 0 saturated heterocycles. The van der Waals surface area contributed by atoms with Crippen LogP contribution < -0.4 is 5.32 Å². The Balaban J connectivity index is 1.62. The molecule has 4 aromatic rings. The van der Waals surface area contributed by atoms with Gasteiger partial charge in [0.05, 0.1) is 7.11 Å². The molecule has 0 radical (unpaired) electrons. The van der Waals surface area contributed by atoms with Crippen LogP contribution in [0, 0.1) is 6.92 Å². The third-order valence-corrected chi connectivity index (χ3v) is 5.23. The molecule has 148 valence electrons. The molecular formula is C22H19ClN2O4. The van der Waals surface area contributed by atoms with Gasteiger partial charge in [-0.2, -0.15) is 0 Å². The highest BCUT2D eigenvalue weighted by molar-refractivity contribution is 6.31. The summed E-state index contributed by atoms with van der Waals surface area (Å²) in [7, 11) is 1.30. The number of fused-ring (bicyclic) bond motifs is 2. The van der Waals surface area contributed by atoms with E-state index in [0.717, 1.165) is 21.9 Å². The summed E-state index contributed by atoms with van der Waals surface area (Å²) in [5.41, 5.74) is 3.09. The van der Waals surface area contributed by atoms with Crippen LogP contribution in [0.1, 0.15) is 21.7 Å². The number of ether oxygens (including phenoxy) is 1. The molecule has 0 unspecified atom stereocenters. The molecule has 2 heterocycles. The number of aromatic amines is 1. The first-order chi connectivity index (χ1) is 14.0. The smallest absolute Gasteiger partial charge is 0.328 e. The number of nitrogens with one attached hydrogen (secondary N) is 2. The van der Waals surface area contributed by atoms with E-state index in [1.165, 1.54) is 7.11 Å². The van der Waals surface area contributed by atoms with Gasteiger partial charge in [-0.3, -0.25) is 4.79 Å². The summed E-state index contributed by atoms with van der Waals surface area (Å²) in [6.07, 6.45) is 2.12. The summed E-state index contributed by atoms with van der Waals surface area (Å²) in [6, 6.07) is 12.1. The standard InChI is InChI=1S/C22H19ClN2O4/c1-12-16-10-14(23)7-8-19(16)29-20(12)21(26)25-18(22(27)28-2)9-13-11-24-17-6-4-3-5-15(13)17/h3-8,10-11,18,24H,9H2,1-2H3,(H,25,26)/t18-/m1/s1. The fourth-order valence-electron chi connectivity index (χ4n) is 3.49. The molecule has 29 heavy (non-hydrogen) atoms. The van der Waals surface area contributed by atoms with Crippen LogP contribution in [0.4, 0.5) is 0 Å². The maximum absolute atomic E-state index is 12.9. The summed E-state index contributed by atoms with van der Waals surface area (Å²) < 4.78 is 10.6. The zero-order chi connectivity index (χ0) is 20.5. The molecule has 0 fully saturated rings. The van der Waals surface area contributed by atoms with Gasteiger partial charge in [0.2, 0.25) is 0 Å². The van der Waals surface area contributed by atoms with Crippen LogP contribution in [-0.4, -0.2) is 30.0 Å². The van der Waals surface area contributed by atoms with Crippen LogP contribution in [0.25, 0.3) is 21.9 Å². The van der Waals surface area contributed by atoms with Crippen LogP contribution in [-0.2, 0) is 16.0 Å². The number of H-pyrrole nitrogens is 1. The van der Waals surface area contributed by atoms with Crippen molar-refractivity contribution in [3.8, 4) is 0 Å². The minimum atomic E-state index is -0.858. The first-order valence-electron chi connectivity index (χ1n) is 9.10. The molecule has 0 aliphatic heterocycles. The van der Waals surface area contributed by atoms with E-state index in [4.69, 9.17) is 20.8 Å². The van der Waals surface area contributed by atoms with E-state index >= 15 is 0 Å². The van der Waals surface area contributed by atoms with E-state index in [-0.39, 0.29) is 12.2 Å². The Morgan fingerprint density at radius 1 is 1.21 bits per heavy atom. The van der Waals surface area contributed by atoms with Crippen molar-refractivity contribution >= 4 is 45.3 Å². The molecule has 7 heteroatoms. The predicted molar refractivity (Wildman–Crippen MR) is 111 cm³/mol. The molecule has 0 saturated carbocycles. The van der Waals surface area contributed by atoms with Crippen molar-refractivity contribution in [1.82, 2.24) is 10.3 Å². The zero-order valence-electron chi connectivity index (χ0n) is 15.9. The summed E-state index contributed by atoms with van der Waals surface area (Å²) >= 11 is 6.05. The number of esters is 1. The number of carbonyl (C=O) groups is 2. The van der Waals surface area contributed by atoms with E-state index in [1.807, 2.05) is 30.5 Å². The Kier molecular flexibility index (Phi) is 5.03. The van der Waals surface area contributed by atoms with Crippen LogP contribution >= 0.6 is 11.6 Å². The first kappa shape index (κ1) is 19.1. The summed E-state index contributed by atoms with van der Waals surface area (Å²) in [5, 5.41) is 5.05. The molecule has 2 N–H and O–H groups in total. The van der Waals surface area contributed by atoms with Gasteiger partial charge in [0, 0.05) is 39.5 Å². The molecule has 2 aromatic carbocycles. The highest BCUT2D eigenvalue weighted by Crippen LogP contribution is 2.28. The Morgan fingerprint density at radius 2 is 2.00 bits per heavy atom. The van der Waals surface area contributed by atoms with E-state index in [1.54, 1.807) is 25.1 Å². The number of halogens is 1. The minimum Gasteiger partial charge on any atom is -0.467 e. The lowest BCUT2D eigenvalue weighted by atomic mass is 10.0. The van der Waals surface area contributed by atoms with Gasteiger partial charge in [-0.05, 0) is 36.8 Å². The number of hydrogen-bond donors (Lipinski definition) is 2. The summed E-state index contributed by atoms with van der Waals surface area (Å²) in [4.78, 5) is 28.4. The highest BCUT2D eigenvalue weighted by atomic mass is 35.5. The lowest BCUT2D eigenvalue weighted by Crippen LogP contribution is -2.43. The number of para-hydroxylation sites is 1. The Labute approximate surface area is 171 Å². The number of benzene rings is 2. The van der Waals surface area contributed by atoms with Crippen LogP contribution in [0.5, 0.6) is 0 Å². The van der Waals surface area contributed by atoms with Crippen molar-refractivity contribution in [1.29, 1.82) is 0 Å². The van der Waals surface area contributed by atoms with Crippen molar-refractivity contribution in [2.45, 2.75) is 19.4 Å². The third kappa shape index (κ3) is 3.59. The summed E-state index contributed by atoms with van der Waals surface area (Å²) in [5.74, 6) is -0.861. The van der Waals surface area contributed by atoms with Crippen molar-refractivity contribution in [2.75, 3.05) is 7.11 Å². The largest absolute Gasteiger partial charge is 0.467 e. The number of rotatable bonds is 5. The Morgan fingerprint density at radius 3 is 2.79 bits per heavy atom. The van der Waals surface area contributed by atoms with Crippen molar-refractivity contribution in [2.24, 2.45) is 0 Å². The van der Waals surface area contributed by atoms with Gasteiger partial charge in [-0.15, -0.1) is 0 Å². The van der Waals surface area contributed by atoms with Gasteiger partial charge in [0.1, 0.15) is 11.6 Å². The second kappa shape index (κ2) is 7.64. The molecule has 6 nitrogen and oxygen atoms in total. The Bertz CT molecular complexity index is 1220. The van der Waals surface area contributed by atoms with Crippen LogP contribution in [0.15, 0.2) is 53.1 Å². The van der Waals surface area contributed by atoms with Crippen molar-refractivity contribution in [3.63, 3.8) is 0 Å². The third-order valence-electron chi connectivity index (χ3n) is 4.99. The number of hydrogen-bond acceptors (Lipinski definition) is 4. The minimum absolute atomic E-state index is 0.148. The number of furan rings is 1. The first-order valence-corrected chi connectivity index (χ1v) is 9.48. The van der Waals surface area contributed by atoms with E-state index in [2.05, 4.69) is 10.3 Å². The summed E-state index contributed by atoms with van der Waals surface area (Å²) in [6.45, 7) is 1.78. The Hall–Kier alpha value is -3.25. The number of aromatic nitrogens is 1. The molecule has 2 aromatic heterocycles. The quantitative estimate of drug-likeness (QED) is 0.478. The van der Waals surface area contributed by atoms with Gasteiger partial charge in [-0.1, -0.05) is 29.8 Å². The van der Waals surface area contributed by atoms with Crippen molar-refractivity contribution in [3.05, 3.63) is 70.6 Å².